The van der Waals surface area contributed by atoms with E-state index < -0.39 is 4.92 Å². The van der Waals surface area contributed by atoms with Gasteiger partial charge in [-0.3, -0.25) is 19.7 Å². The second-order valence-electron chi connectivity index (χ2n) is 9.15. The number of hydrogen-bond acceptors (Lipinski definition) is 6. The van der Waals surface area contributed by atoms with Gasteiger partial charge in [-0.2, -0.15) is 0 Å². The fraction of sp³-hybridized carbons (Fsp3) is 0.462. The molecule has 35 heavy (non-hydrogen) atoms. The summed E-state index contributed by atoms with van der Waals surface area (Å²) in [6.45, 7) is 3.19. The van der Waals surface area contributed by atoms with Gasteiger partial charge in [0.1, 0.15) is 0 Å². The third-order valence-corrected chi connectivity index (χ3v) is 7.85. The van der Waals surface area contributed by atoms with Crippen molar-refractivity contribution in [1.82, 2.24) is 10.2 Å². The Morgan fingerprint density at radius 2 is 1.66 bits per heavy atom. The Balaban J connectivity index is 1.29. The van der Waals surface area contributed by atoms with Crippen molar-refractivity contribution in [2.45, 2.75) is 37.0 Å². The summed E-state index contributed by atoms with van der Waals surface area (Å²) < 4.78 is 0. The molecule has 0 aromatic heterocycles. The van der Waals surface area contributed by atoms with Crippen LogP contribution >= 0.6 is 11.8 Å². The molecular weight excluding hydrogens is 464 g/mol. The number of carbonyl (C=O) groups is 2. The van der Waals surface area contributed by atoms with Gasteiger partial charge in [0.05, 0.1) is 16.2 Å². The first-order valence-corrected chi connectivity index (χ1v) is 13.3. The lowest BCUT2D eigenvalue weighted by Crippen LogP contribution is -2.48. The van der Waals surface area contributed by atoms with E-state index in [2.05, 4.69) is 10.2 Å². The number of piperazine rings is 1. The van der Waals surface area contributed by atoms with E-state index in [0.717, 1.165) is 17.1 Å². The fourth-order valence-corrected chi connectivity index (χ4v) is 5.61. The predicted octanol–water partition coefficient (Wildman–Crippen LogP) is 4.35. The molecule has 186 valence electrons. The first-order valence-electron chi connectivity index (χ1n) is 12.3. The van der Waals surface area contributed by atoms with Crippen LogP contribution in [0.25, 0.3) is 0 Å². The van der Waals surface area contributed by atoms with E-state index in [4.69, 9.17) is 0 Å². The van der Waals surface area contributed by atoms with Crippen LogP contribution in [-0.2, 0) is 4.79 Å². The molecule has 1 N–H and O–H groups in total. The Kier molecular flexibility index (Phi) is 8.63. The highest BCUT2D eigenvalue weighted by atomic mass is 32.2. The van der Waals surface area contributed by atoms with E-state index in [-0.39, 0.29) is 17.5 Å². The number of anilines is 1. The van der Waals surface area contributed by atoms with Gasteiger partial charge in [-0.15, -0.1) is 11.8 Å². The number of thioether (sulfide) groups is 1. The molecule has 4 rings (SSSR count). The average molecular weight is 497 g/mol. The molecule has 0 radical (unpaired) electrons. The summed E-state index contributed by atoms with van der Waals surface area (Å²) in [5.74, 6) is 0.875. The van der Waals surface area contributed by atoms with Crippen molar-refractivity contribution in [1.29, 1.82) is 0 Å². The van der Waals surface area contributed by atoms with E-state index in [1.807, 2.05) is 29.2 Å². The van der Waals surface area contributed by atoms with E-state index in [1.165, 1.54) is 56.0 Å². The minimum absolute atomic E-state index is 0.0135. The second-order valence-corrected chi connectivity index (χ2v) is 10.2. The van der Waals surface area contributed by atoms with Crippen LogP contribution in [-0.4, -0.2) is 60.1 Å². The average Bonchev–Trinajstić information content (AvgIpc) is 2.91. The Labute approximate surface area is 210 Å². The molecule has 1 aliphatic heterocycles. The molecule has 2 amide bonds. The molecule has 2 aromatic rings. The number of nitro benzene ring substituents is 1. The summed E-state index contributed by atoms with van der Waals surface area (Å²) in [5.41, 5.74) is 1.61. The van der Waals surface area contributed by atoms with E-state index in [9.17, 15) is 19.7 Å². The molecule has 1 saturated heterocycles. The van der Waals surface area contributed by atoms with E-state index in [1.54, 1.807) is 12.1 Å². The summed E-state index contributed by atoms with van der Waals surface area (Å²) >= 11 is 1.41. The van der Waals surface area contributed by atoms with Gasteiger partial charge in [-0.05, 0) is 43.0 Å². The Bertz CT molecular complexity index is 1030. The van der Waals surface area contributed by atoms with Crippen molar-refractivity contribution >= 4 is 35.0 Å². The lowest BCUT2D eigenvalue weighted by molar-refractivity contribution is -0.384. The lowest BCUT2D eigenvalue weighted by atomic mass is 9.89. The van der Waals surface area contributed by atoms with Crippen molar-refractivity contribution in [3.05, 3.63) is 64.2 Å². The fourth-order valence-electron chi connectivity index (χ4n) is 4.74. The van der Waals surface area contributed by atoms with Crippen LogP contribution in [0.3, 0.4) is 0 Å². The molecule has 0 atom stereocenters. The lowest BCUT2D eigenvalue weighted by Gasteiger charge is -2.36. The van der Waals surface area contributed by atoms with Crippen LogP contribution in [0.15, 0.2) is 53.4 Å². The first kappa shape index (κ1) is 25.0. The Hall–Kier alpha value is -3.07. The molecule has 9 heteroatoms. The molecule has 2 aliphatic rings. The monoisotopic (exact) mass is 496 g/mol. The molecule has 8 nitrogen and oxygen atoms in total. The summed E-state index contributed by atoms with van der Waals surface area (Å²) in [7, 11) is 0. The zero-order valence-electron chi connectivity index (χ0n) is 19.9. The van der Waals surface area contributed by atoms with Crippen LogP contribution in [0.5, 0.6) is 0 Å². The van der Waals surface area contributed by atoms with Crippen molar-refractivity contribution in [2.75, 3.05) is 43.4 Å². The topological polar surface area (TPSA) is 95.8 Å². The number of hydrogen-bond donors (Lipinski definition) is 1. The van der Waals surface area contributed by atoms with Gasteiger partial charge in [0.2, 0.25) is 5.91 Å². The molecule has 0 unspecified atom stereocenters. The summed E-state index contributed by atoms with van der Waals surface area (Å²) in [6.07, 6.45) is 6.21. The third-order valence-electron chi connectivity index (χ3n) is 6.78. The largest absolute Gasteiger partial charge is 0.368 e. The maximum absolute atomic E-state index is 13.3. The number of nitrogens with one attached hydrogen (secondary N) is 1. The van der Waals surface area contributed by atoms with Crippen molar-refractivity contribution in [3.63, 3.8) is 0 Å². The normalized spacial score (nSPS) is 16.7. The van der Waals surface area contributed by atoms with Crippen LogP contribution < -0.4 is 10.2 Å². The number of nitro groups is 1. The van der Waals surface area contributed by atoms with Crippen molar-refractivity contribution < 1.29 is 14.5 Å². The summed E-state index contributed by atoms with van der Waals surface area (Å²) in [5, 5.41) is 13.9. The predicted molar refractivity (Wildman–Crippen MR) is 138 cm³/mol. The number of nitrogens with zero attached hydrogens (tertiary/aromatic N) is 3. The number of amides is 2. The molecular formula is C26H32N4O4S. The standard InChI is InChI=1S/C26H32N4O4S/c31-25(27-18-20-6-2-1-3-7-20)19-35-24-9-5-4-8-23(24)26(32)29-16-14-28(15-17-29)21-10-12-22(13-11-21)30(33)34/h4-5,8-13,20H,1-3,6-7,14-19H2,(H,27,31). The second kappa shape index (κ2) is 12.1. The number of carbonyl (C=O) groups excluding carboxylic acids is 2. The summed E-state index contributed by atoms with van der Waals surface area (Å²) in [6, 6.07) is 14.0. The van der Waals surface area contributed by atoms with Crippen LogP contribution in [0, 0.1) is 16.0 Å². The number of benzene rings is 2. The van der Waals surface area contributed by atoms with E-state index >= 15 is 0 Å². The Morgan fingerprint density at radius 3 is 2.34 bits per heavy atom. The van der Waals surface area contributed by atoms with Crippen molar-refractivity contribution in [3.8, 4) is 0 Å². The van der Waals surface area contributed by atoms with Crippen LogP contribution in [0.4, 0.5) is 11.4 Å². The van der Waals surface area contributed by atoms with Gasteiger partial charge < -0.3 is 15.1 Å². The first-order chi connectivity index (χ1) is 17.0. The Morgan fingerprint density at radius 1 is 0.971 bits per heavy atom. The number of rotatable bonds is 8. The quantitative estimate of drug-likeness (QED) is 0.332. The van der Waals surface area contributed by atoms with Gasteiger partial charge >= 0.3 is 0 Å². The molecule has 1 heterocycles. The van der Waals surface area contributed by atoms with Crippen LogP contribution in [0.2, 0.25) is 0 Å². The SMILES string of the molecule is O=C(CSc1ccccc1C(=O)N1CCN(c2ccc([N+](=O)[O-])cc2)CC1)NCC1CCCCC1. The van der Waals surface area contributed by atoms with Crippen molar-refractivity contribution in [2.24, 2.45) is 5.92 Å². The zero-order chi connectivity index (χ0) is 24.6. The van der Waals surface area contributed by atoms with Gasteiger partial charge in [0.25, 0.3) is 11.6 Å². The summed E-state index contributed by atoms with van der Waals surface area (Å²) in [4.78, 5) is 40.9. The highest BCUT2D eigenvalue weighted by molar-refractivity contribution is 8.00. The number of non-ortho nitro benzene ring substituents is 1. The van der Waals surface area contributed by atoms with Gasteiger partial charge in [0.15, 0.2) is 0 Å². The van der Waals surface area contributed by atoms with Gasteiger partial charge in [0, 0.05) is 55.4 Å². The molecule has 0 spiro atoms. The minimum atomic E-state index is -0.406. The smallest absolute Gasteiger partial charge is 0.269 e. The maximum Gasteiger partial charge on any atom is 0.269 e. The van der Waals surface area contributed by atoms with Crippen LogP contribution in [0.1, 0.15) is 42.5 Å². The third kappa shape index (κ3) is 6.75. The molecule has 1 aliphatic carbocycles. The van der Waals surface area contributed by atoms with E-state index in [0.29, 0.717) is 43.4 Å². The molecule has 2 fully saturated rings. The van der Waals surface area contributed by atoms with Gasteiger partial charge in [-0.1, -0.05) is 31.4 Å². The maximum atomic E-state index is 13.3. The molecule has 1 saturated carbocycles. The van der Waals surface area contributed by atoms with Gasteiger partial charge in [-0.25, -0.2) is 0 Å². The highest BCUT2D eigenvalue weighted by Gasteiger charge is 2.24. The zero-order valence-corrected chi connectivity index (χ0v) is 20.7. The molecule has 2 aromatic carbocycles. The highest BCUT2D eigenvalue weighted by Crippen LogP contribution is 2.26. The molecule has 0 bridgehead atoms. The minimum Gasteiger partial charge on any atom is -0.368 e.